The molecule has 5 nitrogen and oxygen atoms in total. The Morgan fingerprint density at radius 2 is 1.81 bits per heavy atom. The topological polar surface area (TPSA) is 59.9 Å². The minimum atomic E-state index is -0.166. The molecule has 0 bridgehead atoms. The van der Waals surface area contributed by atoms with Gasteiger partial charge in [0.05, 0.1) is 18.6 Å². The summed E-state index contributed by atoms with van der Waals surface area (Å²) in [6, 6.07) is 23.1. The van der Waals surface area contributed by atoms with Crippen molar-refractivity contribution in [1.29, 1.82) is 0 Å². The molecule has 0 spiro atoms. The van der Waals surface area contributed by atoms with Crippen LogP contribution in [0.5, 0.6) is 11.5 Å². The molecule has 0 atom stereocenters. The summed E-state index contributed by atoms with van der Waals surface area (Å²) in [6.07, 6.45) is 1.59. The van der Waals surface area contributed by atoms with E-state index in [0.29, 0.717) is 41.2 Å². The molecule has 166 valence electrons. The smallest absolute Gasteiger partial charge is 0.250 e. The van der Waals surface area contributed by atoms with Crippen LogP contribution in [0.3, 0.4) is 0 Å². The Balaban J connectivity index is 1.49. The summed E-state index contributed by atoms with van der Waals surface area (Å²) in [4.78, 5) is 12.0. The summed E-state index contributed by atoms with van der Waals surface area (Å²) < 4.78 is 11.6. The van der Waals surface area contributed by atoms with E-state index in [-0.39, 0.29) is 5.91 Å². The maximum atomic E-state index is 12.0. The van der Waals surface area contributed by atoms with Crippen LogP contribution in [0.15, 0.2) is 77.9 Å². The molecule has 0 aliphatic rings. The van der Waals surface area contributed by atoms with Gasteiger partial charge in [0.1, 0.15) is 6.61 Å². The van der Waals surface area contributed by atoms with Crippen molar-refractivity contribution in [3.63, 3.8) is 0 Å². The Morgan fingerprint density at radius 3 is 2.59 bits per heavy atom. The third kappa shape index (κ3) is 7.94. The van der Waals surface area contributed by atoms with Gasteiger partial charge in [-0.2, -0.15) is 5.10 Å². The van der Waals surface area contributed by atoms with Crippen molar-refractivity contribution in [2.75, 3.05) is 12.4 Å². The summed E-state index contributed by atoms with van der Waals surface area (Å²) in [7, 11) is 0. The van der Waals surface area contributed by atoms with Gasteiger partial charge in [-0.15, -0.1) is 11.8 Å². The van der Waals surface area contributed by atoms with E-state index in [1.165, 1.54) is 11.8 Å². The second-order valence-corrected chi connectivity index (χ2v) is 8.25. The number of halogens is 1. The molecule has 0 unspecified atom stereocenters. The Bertz CT molecular complexity index is 1040. The van der Waals surface area contributed by atoms with E-state index in [4.69, 9.17) is 21.1 Å². The molecule has 0 fully saturated rings. The fourth-order valence-electron chi connectivity index (χ4n) is 2.83. The third-order valence-corrected chi connectivity index (χ3v) is 5.54. The number of nitrogens with one attached hydrogen (secondary N) is 1. The van der Waals surface area contributed by atoms with Crippen LogP contribution in [-0.2, 0) is 17.2 Å². The first-order valence-corrected chi connectivity index (χ1v) is 11.7. The maximum absolute atomic E-state index is 12.0. The molecule has 0 saturated heterocycles. The van der Waals surface area contributed by atoms with E-state index in [1.54, 1.807) is 6.21 Å². The molecule has 0 aliphatic heterocycles. The second-order valence-electron chi connectivity index (χ2n) is 6.83. The summed E-state index contributed by atoms with van der Waals surface area (Å²) >= 11 is 7.48. The first kappa shape index (κ1) is 23.7. The van der Waals surface area contributed by atoms with E-state index in [9.17, 15) is 4.79 Å². The highest BCUT2D eigenvalue weighted by molar-refractivity contribution is 7.99. The number of benzene rings is 3. The predicted molar refractivity (Wildman–Crippen MR) is 132 cm³/mol. The molecule has 7 heteroatoms. The molecule has 32 heavy (non-hydrogen) atoms. The van der Waals surface area contributed by atoms with Crippen LogP contribution in [0.4, 0.5) is 0 Å². The lowest BCUT2D eigenvalue weighted by Gasteiger charge is -2.12. The number of nitrogens with zero attached hydrogens (tertiary/aromatic N) is 1. The summed E-state index contributed by atoms with van der Waals surface area (Å²) in [5.74, 6) is 2.14. The molecule has 0 aliphatic carbocycles. The van der Waals surface area contributed by atoms with Gasteiger partial charge < -0.3 is 9.47 Å². The molecule has 3 rings (SSSR count). The van der Waals surface area contributed by atoms with Crippen LogP contribution in [0, 0.1) is 0 Å². The highest BCUT2D eigenvalue weighted by Crippen LogP contribution is 2.29. The van der Waals surface area contributed by atoms with Crippen LogP contribution in [-0.4, -0.2) is 24.5 Å². The van der Waals surface area contributed by atoms with E-state index in [1.807, 2.05) is 79.7 Å². The molecule has 0 radical (unpaired) electrons. The fourth-order valence-corrected chi connectivity index (χ4v) is 3.81. The molecule has 0 heterocycles. The lowest BCUT2D eigenvalue weighted by Crippen LogP contribution is -2.19. The van der Waals surface area contributed by atoms with Gasteiger partial charge in [0.2, 0.25) is 5.91 Å². The Morgan fingerprint density at radius 1 is 1.00 bits per heavy atom. The number of amides is 1. The number of thioether (sulfide) groups is 1. The summed E-state index contributed by atoms with van der Waals surface area (Å²) in [5, 5.41) is 4.74. The van der Waals surface area contributed by atoms with Gasteiger partial charge in [0, 0.05) is 10.8 Å². The van der Waals surface area contributed by atoms with Gasteiger partial charge in [-0.1, -0.05) is 54.1 Å². The first-order chi connectivity index (χ1) is 15.6. The quantitative estimate of drug-likeness (QED) is 0.289. The number of hydrogen-bond donors (Lipinski definition) is 1. The molecular weight excluding hydrogens is 444 g/mol. The largest absolute Gasteiger partial charge is 0.490 e. The molecule has 1 N–H and O–H groups in total. The van der Waals surface area contributed by atoms with Crippen molar-refractivity contribution in [2.24, 2.45) is 5.10 Å². The van der Waals surface area contributed by atoms with Gasteiger partial charge in [0.15, 0.2) is 11.5 Å². The van der Waals surface area contributed by atoms with Crippen LogP contribution >= 0.6 is 23.4 Å². The molecular formula is C25H25ClN2O3S. The predicted octanol–water partition coefficient (Wildman–Crippen LogP) is 5.70. The van der Waals surface area contributed by atoms with Crippen molar-refractivity contribution in [3.8, 4) is 11.5 Å². The number of hydrazone groups is 1. The lowest BCUT2D eigenvalue weighted by molar-refractivity contribution is -0.118. The van der Waals surface area contributed by atoms with Gasteiger partial charge in [-0.25, -0.2) is 5.43 Å². The van der Waals surface area contributed by atoms with Crippen molar-refractivity contribution < 1.29 is 14.3 Å². The SMILES string of the molecule is CCOc1cc(C=NNC(=O)CSCc2cccc(Cl)c2)ccc1OCc1ccccc1. The minimum Gasteiger partial charge on any atom is -0.490 e. The van der Waals surface area contributed by atoms with Crippen molar-refractivity contribution in [3.05, 3.63) is 94.5 Å². The van der Waals surface area contributed by atoms with Crippen molar-refractivity contribution in [1.82, 2.24) is 5.43 Å². The van der Waals surface area contributed by atoms with E-state index in [2.05, 4.69) is 10.5 Å². The maximum Gasteiger partial charge on any atom is 0.250 e. The van der Waals surface area contributed by atoms with Crippen LogP contribution in [0.2, 0.25) is 5.02 Å². The Hall–Kier alpha value is -2.96. The number of ether oxygens (including phenoxy) is 2. The standard InChI is InChI=1S/C25H25ClN2O3S/c1-2-30-24-14-20(11-12-23(24)31-16-19-7-4-3-5-8-19)15-27-28-25(29)18-32-17-21-9-6-10-22(26)13-21/h3-15H,2,16-18H2,1H3,(H,28,29). The highest BCUT2D eigenvalue weighted by Gasteiger charge is 2.07. The number of rotatable bonds is 11. The van der Waals surface area contributed by atoms with Gasteiger partial charge >= 0.3 is 0 Å². The molecule has 3 aromatic carbocycles. The molecule has 0 saturated carbocycles. The summed E-state index contributed by atoms with van der Waals surface area (Å²) in [5.41, 5.74) is 5.51. The van der Waals surface area contributed by atoms with Crippen LogP contribution in [0.1, 0.15) is 23.6 Å². The van der Waals surface area contributed by atoms with Crippen LogP contribution < -0.4 is 14.9 Å². The van der Waals surface area contributed by atoms with Gasteiger partial charge in [-0.3, -0.25) is 4.79 Å². The lowest BCUT2D eigenvalue weighted by atomic mass is 10.2. The summed E-state index contributed by atoms with van der Waals surface area (Å²) in [6.45, 7) is 2.89. The first-order valence-electron chi connectivity index (χ1n) is 10.2. The van der Waals surface area contributed by atoms with Crippen LogP contribution in [0.25, 0.3) is 0 Å². The second kappa shape index (κ2) is 12.8. The number of hydrogen-bond acceptors (Lipinski definition) is 5. The molecule has 0 aromatic heterocycles. The Labute approximate surface area is 197 Å². The zero-order valence-corrected chi connectivity index (χ0v) is 19.4. The van der Waals surface area contributed by atoms with Gasteiger partial charge in [0.25, 0.3) is 0 Å². The van der Waals surface area contributed by atoms with Gasteiger partial charge in [-0.05, 0) is 53.9 Å². The monoisotopic (exact) mass is 468 g/mol. The van der Waals surface area contributed by atoms with E-state index in [0.717, 1.165) is 16.7 Å². The minimum absolute atomic E-state index is 0.166. The average Bonchev–Trinajstić information content (AvgIpc) is 2.79. The van der Waals surface area contributed by atoms with Crippen molar-refractivity contribution >= 4 is 35.5 Å². The van der Waals surface area contributed by atoms with E-state index >= 15 is 0 Å². The highest BCUT2D eigenvalue weighted by atomic mass is 35.5. The zero-order chi connectivity index (χ0) is 22.6. The number of carbonyl (C=O) groups excluding carboxylic acids is 1. The normalized spacial score (nSPS) is 10.8. The van der Waals surface area contributed by atoms with Crippen molar-refractivity contribution in [2.45, 2.75) is 19.3 Å². The Kier molecular flexibility index (Phi) is 9.47. The average molecular weight is 469 g/mol. The third-order valence-electron chi connectivity index (χ3n) is 4.30. The molecule has 1 amide bonds. The number of carbonyl (C=O) groups is 1. The molecule has 3 aromatic rings. The van der Waals surface area contributed by atoms with E-state index < -0.39 is 0 Å². The zero-order valence-electron chi connectivity index (χ0n) is 17.8. The fraction of sp³-hybridized carbons (Fsp3) is 0.200.